The summed E-state index contributed by atoms with van der Waals surface area (Å²) in [5.41, 5.74) is 1.29. The number of hydrogen-bond donors (Lipinski definition) is 0. The van der Waals surface area contributed by atoms with Gasteiger partial charge >= 0.3 is 17.9 Å². The zero-order valence-electron chi connectivity index (χ0n) is 23.3. The van der Waals surface area contributed by atoms with Crippen LogP contribution in [0.2, 0.25) is 0 Å². The summed E-state index contributed by atoms with van der Waals surface area (Å²) in [5, 5.41) is 0. The second-order valence-electron chi connectivity index (χ2n) is 10.7. The molecule has 212 valence electrons. The highest BCUT2D eigenvalue weighted by molar-refractivity contribution is 5.73. The van der Waals surface area contributed by atoms with Gasteiger partial charge < -0.3 is 14.2 Å². The summed E-state index contributed by atoms with van der Waals surface area (Å²) in [6.07, 6.45) is 0. The molecule has 0 amide bonds. The lowest BCUT2D eigenvalue weighted by Gasteiger charge is -2.26. The van der Waals surface area contributed by atoms with Crippen molar-refractivity contribution in [2.45, 2.75) is 39.6 Å². The molecule has 2 aromatic rings. The van der Waals surface area contributed by atoms with E-state index in [1.165, 1.54) is 0 Å². The van der Waals surface area contributed by atoms with Gasteiger partial charge in [-0.05, 0) is 31.9 Å². The number of carbonyl (C=O) groups excluding carboxylic acids is 3. The Labute approximate surface area is 231 Å². The number of carbonyl (C=O) groups is 3. The largest absolute Gasteiger partial charge is 0.460 e. The van der Waals surface area contributed by atoms with Crippen LogP contribution in [0.25, 0.3) is 0 Å². The molecule has 0 radical (unpaired) electrons. The van der Waals surface area contributed by atoms with Crippen LogP contribution in [0.3, 0.4) is 0 Å². The van der Waals surface area contributed by atoms with Crippen LogP contribution >= 0.6 is 0 Å². The Morgan fingerprint density at radius 3 is 1.26 bits per heavy atom. The van der Waals surface area contributed by atoms with Crippen molar-refractivity contribution in [2.24, 2.45) is 0 Å². The Bertz CT molecular complexity index is 972. The zero-order valence-corrected chi connectivity index (χ0v) is 23.3. The van der Waals surface area contributed by atoms with Crippen molar-refractivity contribution in [3.8, 4) is 0 Å². The fraction of sp³-hybridized carbons (Fsp3) is 0.500. The van der Waals surface area contributed by atoms with Crippen molar-refractivity contribution in [3.05, 3.63) is 71.8 Å². The average molecular weight is 540 g/mol. The maximum atomic E-state index is 12.6. The third-order valence-electron chi connectivity index (χ3n) is 6.16. The van der Waals surface area contributed by atoms with Gasteiger partial charge in [0.15, 0.2) is 0 Å². The average Bonchev–Trinajstić information content (AvgIpc) is 2.98. The first-order valence-corrected chi connectivity index (χ1v) is 13.4. The van der Waals surface area contributed by atoms with E-state index in [4.69, 9.17) is 14.2 Å². The number of nitrogens with zero attached hydrogens (tertiary/aromatic N) is 3. The van der Waals surface area contributed by atoms with Gasteiger partial charge in [0, 0.05) is 39.3 Å². The SMILES string of the molecule is CC(C)(C)OC(=O)CN1CCN(CC(=O)OCc2ccccc2)CCN(CC(=O)OCc2ccccc2)CC1. The third-order valence-corrected chi connectivity index (χ3v) is 6.16. The lowest BCUT2D eigenvalue weighted by atomic mass is 10.2. The molecular weight excluding hydrogens is 498 g/mol. The third kappa shape index (κ3) is 12.4. The summed E-state index contributed by atoms with van der Waals surface area (Å²) in [7, 11) is 0. The van der Waals surface area contributed by atoms with Crippen molar-refractivity contribution in [2.75, 3.05) is 58.9 Å². The van der Waals surface area contributed by atoms with E-state index in [2.05, 4.69) is 0 Å². The minimum atomic E-state index is -0.570. The van der Waals surface area contributed by atoms with Crippen molar-refractivity contribution >= 4 is 17.9 Å². The van der Waals surface area contributed by atoms with E-state index in [0.717, 1.165) is 11.1 Å². The number of rotatable bonds is 10. The molecule has 0 N–H and O–H groups in total. The Morgan fingerprint density at radius 2 is 0.923 bits per heavy atom. The smallest absolute Gasteiger partial charge is 0.320 e. The Hall–Kier alpha value is -3.27. The molecule has 9 heteroatoms. The molecule has 0 aromatic heterocycles. The van der Waals surface area contributed by atoms with Crippen molar-refractivity contribution in [1.29, 1.82) is 0 Å². The van der Waals surface area contributed by atoms with Crippen LogP contribution in [-0.2, 0) is 41.8 Å². The highest BCUT2D eigenvalue weighted by atomic mass is 16.6. The standard InChI is InChI=1S/C30H41N3O6/c1-30(2,3)39-29(36)22-33-18-16-31(20-27(34)37-23-25-10-6-4-7-11-25)14-15-32(17-19-33)21-28(35)38-24-26-12-8-5-9-13-26/h4-13H,14-24H2,1-3H3. The van der Waals surface area contributed by atoms with Crippen LogP contribution in [0, 0.1) is 0 Å². The van der Waals surface area contributed by atoms with Gasteiger partial charge in [-0.25, -0.2) is 0 Å². The first kappa shape index (κ1) is 30.3. The van der Waals surface area contributed by atoms with Gasteiger partial charge in [0.05, 0.1) is 19.6 Å². The highest BCUT2D eigenvalue weighted by Gasteiger charge is 2.24. The van der Waals surface area contributed by atoms with E-state index in [0.29, 0.717) is 39.3 Å². The van der Waals surface area contributed by atoms with E-state index in [1.54, 1.807) is 0 Å². The lowest BCUT2D eigenvalue weighted by molar-refractivity contribution is -0.156. The van der Waals surface area contributed by atoms with E-state index < -0.39 is 5.60 Å². The normalized spacial score (nSPS) is 16.0. The molecule has 1 heterocycles. The van der Waals surface area contributed by atoms with E-state index in [9.17, 15) is 14.4 Å². The molecule has 1 fully saturated rings. The van der Waals surface area contributed by atoms with Crippen LogP contribution in [0.15, 0.2) is 60.7 Å². The maximum absolute atomic E-state index is 12.6. The summed E-state index contributed by atoms with van der Waals surface area (Å²) >= 11 is 0. The molecule has 0 atom stereocenters. The number of esters is 3. The molecular formula is C30H41N3O6. The molecule has 1 aliphatic heterocycles. The lowest BCUT2D eigenvalue weighted by Crippen LogP contribution is -2.42. The molecule has 0 aliphatic carbocycles. The fourth-order valence-electron chi connectivity index (χ4n) is 4.15. The van der Waals surface area contributed by atoms with Crippen LogP contribution < -0.4 is 0 Å². The first-order valence-electron chi connectivity index (χ1n) is 13.4. The van der Waals surface area contributed by atoms with Crippen LogP contribution in [0.1, 0.15) is 31.9 Å². The Morgan fingerprint density at radius 1 is 0.590 bits per heavy atom. The summed E-state index contributed by atoms with van der Waals surface area (Å²) in [6.45, 7) is 9.82. The quantitative estimate of drug-likeness (QED) is 0.334. The van der Waals surface area contributed by atoms with Gasteiger partial charge in [0.1, 0.15) is 18.8 Å². The fourth-order valence-corrected chi connectivity index (χ4v) is 4.15. The van der Waals surface area contributed by atoms with Gasteiger partial charge in [0.25, 0.3) is 0 Å². The van der Waals surface area contributed by atoms with Gasteiger partial charge in [-0.15, -0.1) is 0 Å². The molecule has 0 spiro atoms. The molecule has 1 saturated heterocycles. The van der Waals surface area contributed by atoms with Crippen LogP contribution in [-0.4, -0.2) is 97.1 Å². The van der Waals surface area contributed by atoms with Crippen LogP contribution in [0.4, 0.5) is 0 Å². The predicted octanol–water partition coefficient (Wildman–Crippen LogP) is 2.73. The number of benzene rings is 2. The molecule has 0 unspecified atom stereocenters. The van der Waals surface area contributed by atoms with E-state index in [1.807, 2.05) is 96.1 Å². The van der Waals surface area contributed by atoms with E-state index >= 15 is 0 Å². The number of ether oxygens (including phenoxy) is 3. The van der Waals surface area contributed by atoms with Gasteiger partial charge in [0.2, 0.25) is 0 Å². The van der Waals surface area contributed by atoms with Gasteiger partial charge in [-0.3, -0.25) is 29.1 Å². The monoisotopic (exact) mass is 539 g/mol. The van der Waals surface area contributed by atoms with Gasteiger partial charge in [-0.2, -0.15) is 0 Å². The second kappa shape index (κ2) is 15.4. The summed E-state index contributed by atoms with van der Waals surface area (Å²) < 4.78 is 16.5. The Kier molecular flexibility index (Phi) is 11.9. The summed E-state index contributed by atoms with van der Waals surface area (Å²) in [4.78, 5) is 43.8. The summed E-state index contributed by atoms with van der Waals surface area (Å²) in [6, 6.07) is 19.1. The minimum absolute atomic E-state index is 0.124. The van der Waals surface area contributed by atoms with Crippen molar-refractivity contribution in [1.82, 2.24) is 14.7 Å². The molecule has 1 aliphatic rings. The van der Waals surface area contributed by atoms with Crippen molar-refractivity contribution < 1.29 is 28.6 Å². The molecule has 9 nitrogen and oxygen atoms in total. The van der Waals surface area contributed by atoms with Crippen molar-refractivity contribution in [3.63, 3.8) is 0 Å². The van der Waals surface area contributed by atoms with E-state index in [-0.39, 0.29) is 50.8 Å². The van der Waals surface area contributed by atoms with Gasteiger partial charge in [-0.1, -0.05) is 60.7 Å². The molecule has 0 saturated carbocycles. The summed E-state index contributed by atoms with van der Waals surface area (Å²) in [5.74, 6) is -0.930. The Balaban J connectivity index is 1.58. The second-order valence-corrected chi connectivity index (χ2v) is 10.7. The predicted molar refractivity (Wildman–Crippen MR) is 148 cm³/mol. The molecule has 2 aromatic carbocycles. The molecule has 3 rings (SSSR count). The first-order chi connectivity index (χ1) is 18.7. The topological polar surface area (TPSA) is 88.6 Å². The van der Waals surface area contributed by atoms with Crippen LogP contribution in [0.5, 0.6) is 0 Å². The molecule has 39 heavy (non-hydrogen) atoms. The number of hydrogen-bond acceptors (Lipinski definition) is 9. The highest BCUT2D eigenvalue weighted by Crippen LogP contribution is 2.09. The molecule has 0 bridgehead atoms. The minimum Gasteiger partial charge on any atom is -0.460 e. The maximum Gasteiger partial charge on any atom is 0.320 e. The zero-order chi connectivity index (χ0) is 28.1.